The lowest BCUT2D eigenvalue weighted by Crippen LogP contribution is -2.49. The highest BCUT2D eigenvalue weighted by atomic mass is 16.7. The predicted octanol–water partition coefficient (Wildman–Crippen LogP) is 1.03. The Balaban J connectivity index is 2.32. The molecule has 0 radical (unpaired) electrons. The minimum absolute atomic E-state index is 0.449. The molecule has 0 spiro atoms. The predicted molar refractivity (Wildman–Crippen MR) is 39.3 cm³/mol. The van der Waals surface area contributed by atoms with Gasteiger partial charge in [0.2, 0.25) is 5.75 Å². The van der Waals surface area contributed by atoms with E-state index in [-0.39, 0.29) is 0 Å². The molecular formula is C7H10N2O2. The second-order valence-electron chi connectivity index (χ2n) is 3.00. The first-order valence-corrected chi connectivity index (χ1v) is 3.47. The Labute approximate surface area is 64.5 Å². The van der Waals surface area contributed by atoms with Crippen molar-refractivity contribution in [2.45, 2.75) is 19.6 Å². The Kier molecular flexibility index (Phi) is 1.14. The van der Waals surface area contributed by atoms with E-state index in [0.717, 1.165) is 5.75 Å². The Morgan fingerprint density at radius 2 is 2.00 bits per heavy atom. The molecule has 4 heteroatoms. The summed E-state index contributed by atoms with van der Waals surface area (Å²) in [5.41, 5.74) is 2.31. The Morgan fingerprint density at radius 3 is 2.82 bits per heavy atom. The lowest BCUT2D eigenvalue weighted by atomic mass is 10.3. The fraction of sp³-hybridized carbons (Fsp3) is 0.429. The van der Waals surface area contributed by atoms with Gasteiger partial charge in [-0.25, -0.2) is 0 Å². The van der Waals surface area contributed by atoms with Crippen LogP contribution in [0.5, 0.6) is 11.5 Å². The molecule has 0 unspecified atom stereocenters. The van der Waals surface area contributed by atoms with Crippen LogP contribution >= 0.6 is 0 Å². The van der Waals surface area contributed by atoms with Crippen molar-refractivity contribution in [1.29, 1.82) is 0 Å². The molecule has 0 aliphatic carbocycles. The second kappa shape index (κ2) is 1.92. The van der Waals surface area contributed by atoms with E-state index in [0.29, 0.717) is 5.75 Å². The number of aromatic amines is 1. The molecule has 2 heterocycles. The number of ether oxygens (including phenoxy) is 1. The minimum atomic E-state index is -0.449. The number of hydrogen-bond donors (Lipinski definition) is 2. The number of nitrogens with one attached hydrogen (secondary N) is 2. The fourth-order valence-electron chi connectivity index (χ4n) is 0.968. The SMILES string of the molecule is CC1(C)NOc2c[nH]cc2O1. The lowest BCUT2D eigenvalue weighted by Gasteiger charge is -2.30. The Bertz CT molecular complexity index is 267. The summed E-state index contributed by atoms with van der Waals surface area (Å²) >= 11 is 0. The summed E-state index contributed by atoms with van der Waals surface area (Å²) in [6, 6.07) is 0. The van der Waals surface area contributed by atoms with Crippen molar-refractivity contribution in [3.05, 3.63) is 12.4 Å². The van der Waals surface area contributed by atoms with Gasteiger partial charge < -0.3 is 14.6 Å². The summed E-state index contributed by atoms with van der Waals surface area (Å²) < 4.78 is 5.49. The molecule has 0 saturated heterocycles. The first kappa shape index (κ1) is 6.54. The van der Waals surface area contributed by atoms with E-state index >= 15 is 0 Å². The molecule has 0 bridgehead atoms. The molecular weight excluding hydrogens is 144 g/mol. The molecule has 1 aliphatic heterocycles. The van der Waals surface area contributed by atoms with Crippen molar-refractivity contribution >= 4 is 0 Å². The molecule has 4 nitrogen and oxygen atoms in total. The van der Waals surface area contributed by atoms with Gasteiger partial charge in [0.05, 0.1) is 6.20 Å². The number of aromatic nitrogens is 1. The number of H-pyrrole nitrogens is 1. The summed E-state index contributed by atoms with van der Waals surface area (Å²) in [6.45, 7) is 3.78. The fourth-order valence-corrected chi connectivity index (χ4v) is 0.968. The molecule has 0 amide bonds. The number of rotatable bonds is 0. The number of hydrogen-bond acceptors (Lipinski definition) is 3. The first-order chi connectivity index (χ1) is 5.17. The van der Waals surface area contributed by atoms with E-state index in [2.05, 4.69) is 10.5 Å². The van der Waals surface area contributed by atoms with Crippen LogP contribution in [-0.2, 0) is 0 Å². The maximum absolute atomic E-state index is 5.49. The highest BCUT2D eigenvalue weighted by molar-refractivity contribution is 5.38. The van der Waals surface area contributed by atoms with Crippen LogP contribution in [0.25, 0.3) is 0 Å². The van der Waals surface area contributed by atoms with Crippen molar-refractivity contribution in [3.63, 3.8) is 0 Å². The van der Waals surface area contributed by atoms with Crippen molar-refractivity contribution in [2.75, 3.05) is 0 Å². The van der Waals surface area contributed by atoms with Gasteiger partial charge in [-0.2, -0.15) is 0 Å². The van der Waals surface area contributed by atoms with Crippen LogP contribution in [-0.4, -0.2) is 10.7 Å². The zero-order valence-corrected chi connectivity index (χ0v) is 6.47. The average Bonchev–Trinajstić information content (AvgIpc) is 2.31. The van der Waals surface area contributed by atoms with E-state index in [4.69, 9.17) is 9.57 Å². The van der Waals surface area contributed by atoms with Crippen molar-refractivity contribution in [2.24, 2.45) is 0 Å². The highest BCUT2D eigenvalue weighted by Crippen LogP contribution is 2.31. The second-order valence-corrected chi connectivity index (χ2v) is 3.00. The van der Waals surface area contributed by atoms with Crippen LogP contribution in [0.3, 0.4) is 0 Å². The highest BCUT2D eigenvalue weighted by Gasteiger charge is 2.27. The molecule has 0 fully saturated rings. The van der Waals surface area contributed by atoms with Crippen LogP contribution in [0.4, 0.5) is 0 Å². The largest absolute Gasteiger partial charge is 0.465 e. The van der Waals surface area contributed by atoms with Gasteiger partial charge >= 0.3 is 0 Å². The molecule has 0 aromatic carbocycles. The van der Waals surface area contributed by atoms with Gasteiger partial charge in [-0.15, -0.1) is 5.48 Å². The van der Waals surface area contributed by atoms with Crippen molar-refractivity contribution < 1.29 is 9.57 Å². The molecule has 2 N–H and O–H groups in total. The van der Waals surface area contributed by atoms with Crippen LogP contribution in [0, 0.1) is 0 Å². The van der Waals surface area contributed by atoms with Gasteiger partial charge in [0, 0.05) is 6.20 Å². The van der Waals surface area contributed by atoms with Crippen LogP contribution in [0.2, 0.25) is 0 Å². The number of fused-ring (bicyclic) bond motifs is 1. The Hall–Kier alpha value is -1.16. The van der Waals surface area contributed by atoms with Gasteiger partial charge in [-0.1, -0.05) is 0 Å². The van der Waals surface area contributed by atoms with Crippen LogP contribution in [0.15, 0.2) is 12.4 Å². The Morgan fingerprint density at radius 1 is 1.27 bits per heavy atom. The van der Waals surface area contributed by atoms with Gasteiger partial charge in [0.15, 0.2) is 11.5 Å². The van der Waals surface area contributed by atoms with Gasteiger partial charge in [-0.05, 0) is 13.8 Å². The smallest absolute Gasteiger partial charge is 0.206 e. The van der Waals surface area contributed by atoms with Crippen molar-refractivity contribution in [1.82, 2.24) is 10.5 Å². The van der Waals surface area contributed by atoms with E-state index in [1.54, 1.807) is 12.4 Å². The molecule has 60 valence electrons. The third kappa shape index (κ3) is 1.05. The third-order valence-corrected chi connectivity index (χ3v) is 1.44. The molecule has 1 aromatic rings. The topological polar surface area (TPSA) is 46.3 Å². The minimum Gasteiger partial charge on any atom is -0.465 e. The third-order valence-electron chi connectivity index (χ3n) is 1.44. The molecule has 0 saturated carbocycles. The molecule has 0 atom stereocenters. The lowest BCUT2D eigenvalue weighted by molar-refractivity contribution is -0.0582. The standard InChI is InChI=1S/C7H10N2O2/c1-7(2)9-11-6-4-8-3-5(6)10-7/h3-4,8-9H,1-2H3. The zero-order valence-electron chi connectivity index (χ0n) is 6.47. The number of hydroxylamine groups is 1. The summed E-state index contributed by atoms with van der Waals surface area (Å²) in [5, 5.41) is 0. The van der Waals surface area contributed by atoms with Gasteiger partial charge in [0.1, 0.15) is 0 Å². The molecule has 2 rings (SSSR count). The monoisotopic (exact) mass is 154 g/mol. The normalized spacial score (nSPS) is 19.8. The summed E-state index contributed by atoms with van der Waals surface area (Å²) in [6.07, 6.45) is 3.50. The maximum atomic E-state index is 5.49. The summed E-state index contributed by atoms with van der Waals surface area (Å²) in [5.74, 6) is 1.44. The van der Waals surface area contributed by atoms with Crippen molar-refractivity contribution in [3.8, 4) is 11.5 Å². The van der Waals surface area contributed by atoms with E-state index < -0.39 is 5.72 Å². The summed E-state index contributed by atoms with van der Waals surface area (Å²) in [4.78, 5) is 8.06. The molecule has 1 aromatic heterocycles. The average molecular weight is 154 g/mol. The summed E-state index contributed by atoms with van der Waals surface area (Å²) in [7, 11) is 0. The maximum Gasteiger partial charge on any atom is 0.206 e. The van der Waals surface area contributed by atoms with Gasteiger partial charge in [-0.3, -0.25) is 0 Å². The quantitative estimate of drug-likeness (QED) is 0.586. The first-order valence-electron chi connectivity index (χ1n) is 3.47. The van der Waals surface area contributed by atoms with Crippen LogP contribution in [0.1, 0.15) is 13.8 Å². The van der Waals surface area contributed by atoms with Gasteiger partial charge in [0.25, 0.3) is 0 Å². The van der Waals surface area contributed by atoms with E-state index in [1.807, 2.05) is 13.8 Å². The molecule has 1 aliphatic rings. The van der Waals surface area contributed by atoms with E-state index in [1.165, 1.54) is 0 Å². The van der Waals surface area contributed by atoms with E-state index in [9.17, 15) is 0 Å². The van der Waals surface area contributed by atoms with Crippen LogP contribution < -0.4 is 15.1 Å². The zero-order chi connectivity index (χ0) is 7.90. The molecule has 11 heavy (non-hydrogen) atoms.